The van der Waals surface area contributed by atoms with E-state index in [4.69, 9.17) is 16.2 Å². The monoisotopic (exact) mass is 578 g/mol. The SMILES string of the molecule is CC(C)CCCC(C)C1CCC2C3CCC4CC(OC(=O)CCCCc5ccc(N)cc5N)CCC4(C)C3CCC12C. The lowest BCUT2D eigenvalue weighted by Crippen LogP contribution is -2.54. The lowest BCUT2D eigenvalue weighted by atomic mass is 9.44. The highest BCUT2D eigenvalue weighted by Crippen LogP contribution is 2.68. The van der Waals surface area contributed by atoms with Crippen LogP contribution in [0.1, 0.15) is 136 Å². The van der Waals surface area contributed by atoms with Crippen LogP contribution in [0.2, 0.25) is 0 Å². The number of rotatable bonds is 11. The number of anilines is 2. The Morgan fingerprint density at radius 2 is 1.67 bits per heavy atom. The van der Waals surface area contributed by atoms with Gasteiger partial charge in [-0.25, -0.2) is 0 Å². The largest absolute Gasteiger partial charge is 0.462 e. The van der Waals surface area contributed by atoms with Crippen molar-refractivity contribution in [2.45, 2.75) is 143 Å². The van der Waals surface area contributed by atoms with Crippen molar-refractivity contribution in [1.82, 2.24) is 0 Å². The summed E-state index contributed by atoms with van der Waals surface area (Å²) in [6, 6.07) is 5.72. The summed E-state index contributed by atoms with van der Waals surface area (Å²) in [4.78, 5) is 12.8. The van der Waals surface area contributed by atoms with Crippen molar-refractivity contribution in [2.75, 3.05) is 11.5 Å². The van der Waals surface area contributed by atoms with E-state index in [1.165, 1.54) is 64.2 Å². The number of carbonyl (C=O) groups excluding carboxylic acids is 1. The number of hydrogen-bond acceptors (Lipinski definition) is 4. The zero-order chi connectivity index (χ0) is 30.1. The molecule has 236 valence electrons. The van der Waals surface area contributed by atoms with Crippen LogP contribution < -0.4 is 11.5 Å². The molecule has 42 heavy (non-hydrogen) atoms. The van der Waals surface area contributed by atoms with E-state index < -0.39 is 0 Å². The second-order valence-electron chi connectivity index (χ2n) is 16.2. The molecule has 5 rings (SSSR count). The number of nitrogens with two attached hydrogens (primary N) is 2. The topological polar surface area (TPSA) is 78.3 Å². The van der Waals surface area contributed by atoms with Gasteiger partial charge in [0.2, 0.25) is 0 Å². The van der Waals surface area contributed by atoms with Gasteiger partial charge in [-0.2, -0.15) is 0 Å². The fraction of sp³-hybridized carbons (Fsp3) is 0.816. The van der Waals surface area contributed by atoms with Gasteiger partial charge in [-0.05, 0) is 147 Å². The summed E-state index contributed by atoms with van der Waals surface area (Å²) >= 11 is 0. The van der Waals surface area contributed by atoms with Crippen LogP contribution in [0.25, 0.3) is 0 Å². The number of nitrogen functional groups attached to an aromatic ring is 2. The fourth-order valence-corrected chi connectivity index (χ4v) is 11.0. The number of ether oxygens (including phenoxy) is 1. The van der Waals surface area contributed by atoms with E-state index in [0.29, 0.717) is 22.9 Å². The molecule has 0 aliphatic heterocycles. The highest BCUT2D eigenvalue weighted by atomic mass is 16.5. The molecule has 0 heterocycles. The molecule has 9 atom stereocenters. The van der Waals surface area contributed by atoms with E-state index in [0.717, 1.165) is 84.8 Å². The molecule has 1 aromatic rings. The first-order valence-corrected chi connectivity index (χ1v) is 17.8. The molecule has 9 unspecified atom stereocenters. The second-order valence-corrected chi connectivity index (χ2v) is 16.2. The highest BCUT2D eigenvalue weighted by Gasteiger charge is 2.60. The van der Waals surface area contributed by atoms with Crippen LogP contribution >= 0.6 is 0 Å². The van der Waals surface area contributed by atoms with Crippen LogP contribution in [0, 0.1) is 52.3 Å². The number of hydrogen-bond donors (Lipinski definition) is 2. The van der Waals surface area contributed by atoms with Crippen LogP contribution in [0.3, 0.4) is 0 Å². The van der Waals surface area contributed by atoms with E-state index >= 15 is 0 Å². The quantitative estimate of drug-likeness (QED) is 0.156. The van der Waals surface area contributed by atoms with E-state index in [9.17, 15) is 4.79 Å². The summed E-state index contributed by atoms with van der Waals surface area (Å²) in [7, 11) is 0. The zero-order valence-electron chi connectivity index (χ0n) is 27.6. The Kier molecular flexibility index (Phi) is 9.90. The molecule has 4 aliphatic carbocycles. The van der Waals surface area contributed by atoms with Gasteiger partial charge in [0, 0.05) is 17.8 Å². The Balaban J connectivity index is 1.10. The first-order valence-electron chi connectivity index (χ1n) is 17.8. The number of aryl methyl sites for hydroxylation is 1. The predicted octanol–water partition coefficient (Wildman–Crippen LogP) is 9.60. The molecule has 0 saturated heterocycles. The third-order valence-corrected chi connectivity index (χ3v) is 13.4. The smallest absolute Gasteiger partial charge is 0.306 e. The summed E-state index contributed by atoms with van der Waals surface area (Å²) in [5.41, 5.74) is 15.5. The maximum atomic E-state index is 12.8. The lowest BCUT2D eigenvalue weighted by Gasteiger charge is -2.61. The summed E-state index contributed by atoms with van der Waals surface area (Å²) < 4.78 is 6.11. The predicted molar refractivity (Wildman–Crippen MR) is 176 cm³/mol. The number of benzene rings is 1. The Hall–Kier alpha value is -1.71. The second kappa shape index (κ2) is 13.1. The molecular formula is C38H62N2O2. The fourth-order valence-electron chi connectivity index (χ4n) is 11.0. The van der Waals surface area contributed by atoms with Gasteiger partial charge >= 0.3 is 5.97 Å². The summed E-state index contributed by atoms with van der Waals surface area (Å²) in [5.74, 6) is 6.09. The van der Waals surface area contributed by atoms with Crippen LogP contribution in [0.4, 0.5) is 11.4 Å². The number of carbonyl (C=O) groups is 1. The first kappa shape index (κ1) is 31.7. The average molecular weight is 579 g/mol. The van der Waals surface area contributed by atoms with Crippen molar-refractivity contribution < 1.29 is 9.53 Å². The standard InChI is InChI=1S/C38H62N2O2/c1-25(2)9-8-10-26(3)32-17-18-33-31-16-14-28-23-30(19-21-37(28,4)34(31)20-22-38(32,33)5)42-36(41)12-7-6-11-27-13-15-29(39)24-35(27)40/h13,15,24-26,28,30-34H,6-12,14,16-23,39-40H2,1-5H3. The molecule has 0 aromatic heterocycles. The van der Waals surface area contributed by atoms with Gasteiger partial charge in [0.1, 0.15) is 6.10 Å². The summed E-state index contributed by atoms with van der Waals surface area (Å²) in [5, 5.41) is 0. The molecule has 0 radical (unpaired) electrons. The van der Waals surface area contributed by atoms with Crippen molar-refractivity contribution in [2.24, 2.45) is 52.3 Å². The van der Waals surface area contributed by atoms with Crippen LogP contribution in [-0.4, -0.2) is 12.1 Å². The van der Waals surface area contributed by atoms with Gasteiger partial charge in [0.15, 0.2) is 0 Å². The Morgan fingerprint density at radius 3 is 2.43 bits per heavy atom. The maximum absolute atomic E-state index is 12.8. The minimum Gasteiger partial charge on any atom is -0.462 e. The molecule has 4 nitrogen and oxygen atoms in total. The molecule has 4 fully saturated rings. The summed E-state index contributed by atoms with van der Waals surface area (Å²) in [6.07, 6.45) is 19.5. The van der Waals surface area contributed by atoms with E-state index in [1.54, 1.807) is 0 Å². The van der Waals surface area contributed by atoms with Gasteiger partial charge in [0.05, 0.1) is 0 Å². The Labute approximate surface area is 257 Å². The number of unbranched alkanes of at least 4 members (excludes halogenated alkanes) is 1. The number of esters is 1. The minimum absolute atomic E-state index is 0.00416. The molecule has 0 spiro atoms. The third kappa shape index (κ3) is 6.53. The Bertz CT molecular complexity index is 1070. The maximum Gasteiger partial charge on any atom is 0.306 e. The Morgan fingerprint density at radius 1 is 0.905 bits per heavy atom. The minimum atomic E-state index is -0.00416. The van der Waals surface area contributed by atoms with Gasteiger partial charge in [-0.1, -0.05) is 59.9 Å². The van der Waals surface area contributed by atoms with E-state index in [-0.39, 0.29) is 12.1 Å². The van der Waals surface area contributed by atoms with Gasteiger partial charge in [-0.3, -0.25) is 4.79 Å². The normalized spacial score (nSPS) is 36.6. The zero-order valence-corrected chi connectivity index (χ0v) is 27.6. The molecular weight excluding hydrogens is 516 g/mol. The van der Waals surface area contributed by atoms with Crippen molar-refractivity contribution in [1.29, 1.82) is 0 Å². The van der Waals surface area contributed by atoms with Gasteiger partial charge in [0.25, 0.3) is 0 Å². The molecule has 0 amide bonds. The van der Waals surface area contributed by atoms with Gasteiger partial charge in [-0.15, -0.1) is 0 Å². The summed E-state index contributed by atoms with van der Waals surface area (Å²) in [6.45, 7) is 12.7. The van der Waals surface area contributed by atoms with Crippen LogP contribution in [0.15, 0.2) is 18.2 Å². The first-order chi connectivity index (χ1) is 20.0. The van der Waals surface area contributed by atoms with Crippen molar-refractivity contribution in [3.05, 3.63) is 23.8 Å². The average Bonchev–Trinajstić information content (AvgIpc) is 3.29. The molecule has 4 saturated carbocycles. The number of fused-ring (bicyclic) bond motifs is 5. The van der Waals surface area contributed by atoms with Gasteiger partial charge < -0.3 is 16.2 Å². The molecule has 4 N–H and O–H groups in total. The lowest BCUT2D eigenvalue weighted by molar-refractivity contribution is -0.162. The third-order valence-electron chi connectivity index (χ3n) is 13.4. The van der Waals surface area contributed by atoms with E-state index in [1.807, 2.05) is 18.2 Å². The van der Waals surface area contributed by atoms with Crippen molar-refractivity contribution in [3.63, 3.8) is 0 Å². The van der Waals surface area contributed by atoms with E-state index in [2.05, 4.69) is 34.6 Å². The molecule has 0 bridgehead atoms. The van der Waals surface area contributed by atoms with Crippen LogP contribution in [-0.2, 0) is 16.0 Å². The van der Waals surface area contributed by atoms with Crippen LogP contribution in [0.5, 0.6) is 0 Å². The molecule has 4 heteroatoms. The molecule has 1 aromatic carbocycles. The highest BCUT2D eigenvalue weighted by molar-refractivity contribution is 5.69. The van der Waals surface area contributed by atoms with Crippen molar-refractivity contribution in [3.8, 4) is 0 Å². The molecule has 4 aliphatic rings. The van der Waals surface area contributed by atoms with Crippen molar-refractivity contribution >= 4 is 17.3 Å².